The highest BCUT2D eigenvalue weighted by atomic mass is 35.5. The molecule has 6 heteroatoms. The Morgan fingerprint density at radius 2 is 1.68 bits per heavy atom. The number of amides is 1. The van der Waals surface area contributed by atoms with Crippen LogP contribution in [0.15, 0.2) is 54.6 Å². The molecule has 0 aliphatic carbocycles. The van der Waals surface area contributed by atoms with E-state index in [1.807, 2.05) is 61.5 Å². The second-order valence-corrected chi connectivity index (χ2v) is 5.42. The van der Waals surface area contributed by atoms with E-state index in [2.05, 4.69) is 5.32 Å². The van der Waals surface area contributed by atoms with Crippen molar-refractivity contribution in [2.24, 2.45) is 5.73 Å². The van der Waals surface area contributed by atoms with Gasteiger partial charge >= 0.3 is 0 Å². The molecule has 0 aromatic heterocycles. The molecule has 2 unspecified atom stereocenters. The molecule has 0 radical (unpaired) electrons. The van der Waals surface area contributed by atoms with Gasteiger partial charge in [0.25, 0.3) is 0 Å². The van der Waals surface area contributed by atoms with E-state index in [1.165, 1.54) is 7.11 Å². The zero-order chi connectivity index (χ0) is 17.4. The maximum Gasteiger partial charge on any atom is 0.240 e. The maximum absolute atomic E-state index is 12.3. The monoisotopic (exact) mass is 364 g/mol. The molecule has 0 heterocycles. The number of hydrogen-bond acceptors (Lipinski definition) is 4. The number of hydrogen-bond donors (Lipinski definition) is 2. The lowest BCUT2D eigenvalue weighted by Crippen LogP contribution is -2.45. The first kappa shape index (κ1) is 21.0. The molecule has 0 saturated heterocycles. The van der Waals surface area contributed by atoms with Crippen LogP contribution < -0.4 is 15.8 Å². The fourth-order valence-corrected chi connectivity index (χ4v) is 2.43. The number of ether oxygens (including phenoxy) is 2. The van der Waals surface area contributed by atoms with Gasteiger partial charge in [0.2, 0.25) is 5.91 Å². The first-order chi connectivity index (χ1) is 11.7. The van der Waals surface area contributed by atoms with Crippen LogP contribution in [-0.4, -0.2) is 32.3 Å². The van der Waals surface area contributed by atoms with Gasteiger partial charge in [-0.15, -0.1) is 12.4 Å². The third-order valence-electron chi connectivity index (χ3n) is 3.63. The van der Waals surface area contributed by atoms with Gasteiger partial charge in [0.15, 0.2) is 0 Å². The molecule has 0 aliphatic heterocycles. The van der Waals surface area contributed by atoms with Crippen LogP contribution >= 0.6 is 12.4 Å². The second kappa shape index (κ2) is 10.7. The molecule has 0 bridgehead atoms. The molecule has 2 aromatic carbocycles. The summed E-state index contributed by atoms with van der Waals surface area (Å²) < 4.78 is 10.4. The fourth-order valence-electron chi connectivity index (χ4n) is 2.43. The van der Waals surface area contributed by atoms with Crippen LogP contribution in [0.4, 0.5) is 0 Å². The lowest BCUT2D eigenvalue weighted by atomic mass is 9.98. The Bertz CT molecular complexity index is 635. The molecule has 0 fully saturated rings. The summed E-state index contributed by atoms with van der Waals surface area (Å²) in [7, 11) is 1.52. The van der Waals surface area contributed by atoms with E-state index in [1.54, 1.807) is 0 Å². The van der Waals surface area contributed by atoms with Crippen molar-refractivity contribution >= 4 is 18.3 Å². The van der Waals surface area contributed by atoms with E-state index in [0.717, 1.165) is 16.9 Å². The van der Waals surface area contributed by atoms with E-state index in [9.17, 15) is 4.79 Å². The molecule has 25 heavy (non-hydrogen) atoms. The van der Waals surface area contributed by atoms with E-state index < -0.39 is 6.04 Å². The number of nitrogens with two attached hydrogens (primary N) is 1. The van der Waals surface area contributed by atoms with Gasteiger partial charge in [0.05, 0.1) is 19.3 Å². The highest BCUT2D eigenvalue weighted by molar-refractivity contribution is 5.85. The summed E-state index contributed by atoms with van der Waals surface area (Å²) in [6.07, 6.45) is 0. The summed E-state index contributed by atoms with van der Waals surface area (Å²) in [4.78, 5) is 12.3. The SMILES string of the molecule is CCOc1ccc(C(NC(=O)C(N)COC)c2ccccc2)cc1.Cl. The summed E-state index contributed by atoms with van der Waals surface area (Å²) in [5.74, 6) is 0.551. The van der Waals surface area contributed by atoms with E-state index in [4.69, 9.17) is 15.2 Å². The van der Waals surface area contributed by atoms with Gasteiger partial charge in [-0.1, -0.05) is 42.5 Å². The van der Waals surface area contributed by atoms with Crippen molar-refractivity contribution in [3.8, 4) is 5.75 Å². The molecule has 2 aromatic rings. The number of halogens is 1. The lowest BCUT2D eigenvalue weighted by molar-refractivity contribution is -0.123. The van der Waals surface area contributed by atoms with Crippen LogP contribution in [0.2, 0.25) is 0 Å². The summed E-state index contributed by atoms with van der Waals surface area (Å²) >= 11 is 0. The van der Waals surface area contributed by atoms with Gasteiger partial charge in [0.1, 0.15) is 11.8 Å². The minimum absolute atomic E-state index is 0. The Kier molecular flexibility index (Phi) is 8.99. The van der Waals surface area contributed by atoms with Crippen molar-refractivity contribution in [1.82, 2.24) is 5.32 Å². The molecule has 136 valence electrons. The zero-order valence-corrected chi connectivity index (χ0v) is 15.3. The second-order valence-electron chi connectivity index (χ2n) is 5.42. The molecule has 0 aliphatic rings. The predicted molar refractivity (Wildman–Crippen MR) is 101 cm³/mol. The van der Waals surface area contributed by atoms with Gasteiger partial charge in [-0.3, -0.25) is 4.79 Å². The topological polar surface area (TPSA) is 73.6 Å². The van der Waals surface area contributed by atoms with Crippen molar-refractivity contribution in [2.45, 2.75) is 19.0 Å². The number of nitrogens with one attached hydrogen (secondary N) is 1. The molecule has 1 amide bonds. The Labute approximate surface area is 154 Å². The number of benzene rings is 2. The van der Waals surface area contributed by atoms with Crippen molar-refractivity contribution in [3.63, 3.8) is 0 Å². The Hall–Kier alpha value is -2.08. The summed E-state index contributed by atoms with van der Waals surface area (Å²) in [6.45, 7) is 2.73. The van der Waals surface area contributed by atoms with Gasteiger partial charge in [-0.05, 0) is 30.2 Å². The molecular formula is C19H25ClN2O3. The van der Waals surface area contributed by atoms with E-state index in [-0.39, 0.29) is 31.0 Å². The largest absolute Gasteiger partial charge is 0.494 e. The van der Waals surface area contributed by atoms with Crippen molar-refractivity contribution in [3.05, 3.63) is 65.7 Å². The highest BCUT2D eigenvalue weighted by Gasteiger charge is 2.20. The van der Waals surface area contributed by atoms with Crippen molar-refractivity contribution < 1.29 is 14.3 Å². The molecular weight excluding hydrogens is 340 g/mol. The fraction of sp³-hybridized carbons (Fsp3) is 0.316. The molecule has 2 atom stereocenters. The van der Waals surface area contributed by atoms with E-state index in [0.29, 0.717) is 6.61 Å². The first-order valence-electron chi connectivity index (χ1n) is 7.98. The Balaban J connectivity index is 0.00000312. The Morgan fingerprint density at radius 1 is 1.08 bits per heavy atom. The minimum Gasteiger partial charge on any atom is -0.494 e. The quantitative estimate of drug-likeness (QED) is 0.755. The number of methoxy groups -OCH3 is 1. The van der Waals surface area contributed by atoms with Gasteiger partial charge in [-0.2, -0.15) is 0 Å². The van der Waals surface area contributed by atoms with E-state index >= 15 is 0 Å². The molecule has 5 nitrogen and oxygen atoms in total. The molecule has 0 saturated carbocycles. The van der Waals surface area contributed by atoms with Crippen molar-refractivity contribution in [2.75, 3.05) is 20.3 Å². The number of carbonyl (C=O) groups is 1. The third-order valence-corrected chi connectivity index (χ3v) is 3.63. The van der Waals surface area contributed by atoms with Crippen LogP contribution in [-0.2, 0) is 9.53 Å². The predicted octanol–water partition coefficient (Wildman–Crippen LogP) is 2.69. The van der Waals surface area contributed by atoms with Crippen LogP contribution in [0, 0.1) is 0 Å². The van der Waals surface area contributed by atoms with Crippen molar-refractivity contribution in [1.29, 1.82) is 0 Å². The highest BCUT2D eigenvalue weighted by Crippen LogP contribution is 2.24. The zero-order valence-electron chi connectivity index (χ0n) is 14.5. The van der Waals surface area contributed by atoms with Crippen LogP contribution in [0.25, 0.3) is 0 Å². The summed E-state index contributed by atoms with van der Waals surface area (Å²) in [5.41, 5.74) is 7.79. The lowest BCUT2D eigenvalue weighted by Gasteiger charge is -2.22. The molecule has 3 N–H and O–H groups in total. The average molecular weight is 365 g/mol. The van der Waals surface area contributed by atoms with Crippen LogP contribution in [0.1, 0.15) is 24.1 Å². The number of rotatable bonds is 8. The maximum atomic E-state index is 12.3. The Morgan fingerprint density at radius 3 is 2.24 bits per heavy atom. The summed E-state index contributed by atoms with van der Waals surface area (Å²) in [5, 5.41) is 3.00. The normalized spacial score (nSPS) is 12.6. The van der Waals surface area contributed by atoms with Gasteiger partial charge in [-0.25, -0.2) is 0 Å². The van der Waals surface area contributed by atoms with Gasteiger partial charge in [0, 0.05) is 7.11 Å². The van der Waals surface area contributed by atoms with Gasteiger partial charge < -0.3 is 20.5 Å². The van der Waals surface area contributed by atoms with Crippen LogP contribution in [0.3, 0.4) is 0 Å². The smallest absolute Gasteiger partial charge is 0.240 e. The third kappa shape index (κ3) is 6.05. The average Bonchev–Trinajstić information content (AvgIpc) is 2.61. The number of carbonyl (C=O) groups excluding carboxylic acids is 1. The summed E-state index contributed by atoms with van der Waals surface area (Å²) in [6, 6.07) is 16.5. The van der Waals surface area contributed by atoms with Crippen LogP contribution in [0.5, 0.6) is 5.75 Å². The molecule has 0 spiro atoms. The molecule has 2 rings (SSSR count). The standard InChI is InChI=1S/C19H24N2O3.ClH/c1-3-24-16-11-9-15(10-12-16)18(14-7-5-4-6-8-14)21-19(22)17(20)13-23-2;/h4-12,17-18H,3,13,20H2,1-2H3,(H,21,22);1H. The first-order valence-corrected chi connectivity index (χ1v) is 7.98. The minimum atomic E-state index is -0.705.